The lowest BCUT2D eigenvalue weighted by molar-refractivity contribution is -0.118. The molecule has 4 heteroatoms. The van der Waals surface area contributed by atoms with Crippen LogP contribution < -0.4 is 5.73 Å². The molecule has 1 aliphatic rings. The summed E-state index contributed by atoms with van der Waals surface area (Å²) in [6.45, 7) is 7.79. The number of nitrogens with two attached hydrogens (primary N) is 1. The van der Waals surface area contributed by atoms with Gasteiger partial charge in [-0.05, 0) is 40.0 Å². The third-order valence-corrected chi connectivity index (χ3v) is 2.57. The molecule has 1 fully saturated rings. The van der Waals surface area contributed by atoms with Crippen LogP contribution in [-0.2, 0) is 9.53 Å². The predicted molar refractivity (Wildman–Crippen MR) is 66.2 cm³/mol. The molecule has 1 rings (SSSR count). The first-order valence-corrected chi connectivity index (χ1v) is 5.89. The highest BCUT2D eigenvalue weighted by Gasteiger charge is 2.11. The van der Waals surface area contributed by atoms with Gasteiger partial charge in [-0.25, -0.2) is 0 Å². The minimum absolute atomic E-state index is 0.0417. The number of amides is 1. The Morgan fingerprint density at radius 1 is 1.31 bits per heavy atom. The Bertz CT molecular complexity index is 190. The van der Waals surface area contributed by atoms with Crippen LogP contribution >= 0.6 is 0 Å². The zero-order chi connectivity index (χ0) is 12.6. The molecule has 1 atom stereocenters. The molecule has 0 bridgehead atoms. The fourth-order valence-corrected chi connectivity index (χ4v) is 1.25. The summed E-state index contributed by atoms with van der Waals surface area (Å²) in [7, 11) is 1.71. The number of methoxy groups -OCH3 is 1. The van der Waals surface area contributed by atoms with Crippen LogP contribution in [0.4, 0.5) is 0 Å². The second kappa shape index (κ2) is 7.63. The summed E-state index contributed by atoms with van der Waals surface area (Å²) >= 11 is 0. The summed E-state index contributed by atoms with van der Waals surface area (Å²) in [5, 5.41) is 0. The molecule has 0 aromatic heterocycles. The molecule has 16 heavy (non-hydrogen) atoms. The average molecular weight is 230 g/mol. The highest BCUT2D eigenvalue weighted by molar-refractivity contribution is 5.46. The van der Waals surface area contributed by atoms with Crippen molar-refractivity contribution in [1.82, 2.24) is 4.90 Å². The van der Waals surface area contributed by atoms with Crippen LogP contribution in [0.1, 0.15) is 40.0 Å². The summed E-state index contributed by atoms with van der Waals surface area (Å²) < 4.78 is 4.94. The van der Waals surface area contributed by atoms with Crippen molar-refractivity contribution in [3.8, 4) is 0 Å². The first kappa shape index (κ1) is 15.4. The van der Waals surface area contributed by atoms with Gasteiger partial charge in [-0.2, -0.15) is 0 Å². The van der Waals surface area contributed by atoms with E-state index in [1.807, 2.05) is 20.8 Å². The molecule has 1 unspecified atom stereocenters. The number of hydrogen-bond acceptors (Lipinski definition) is 3. The van der Waals surface area contributed by atoms with Crippen LogP contribution in [0.5, 0.6) is 0 Å². The van der Waals surface area contributed by atoms with Crippen LogP contribution in [-0.4, -0.2) is 43.2 Å². The lowest BCUT2D eigenvalue weighted by Gasteiger charge is -2.14. The molecular weight excluding hydrogens is 204 g/mol. The van der Waals surface area contributed by atoms with Gasteiger partial charge in [0.1, 0.15) is 0 Å². The van der Waals surface area contributed by atoms with Crippen molar-refractivity contribution in [1.29, 1.82) is 0 Å². The van der Waals surface area contributed by atoms with Crippen molar-refractivity contribution < 1.29 is 9.53 Å². The second-order valence-electron chi connectivity index (χ2n) is 5.15. The van der Waals surface area contributed by atoms with E-state index in [1.165, 1.54) is 0 Å². The SMILES string of the molecule is COC(C)(C)C.NC1CCCN(C=O)CC1. The first-order valence-electron chi connectivity index (χ1n) is 5.89. The minimum atomic E-state index is 0.0417. The monoisotopic (exact) mass is 230 g/mol. The van der Waals surface area contributed by atoms with Gasteiger partial charge >= 0.3 is 0 Å². The smallest absolute Gasteiger partial charge is 0.209 e. The van der Waals surface area contributed by atoms with Crippen molar-refractivity contribution >= 4 is 6.41 Å². The van der Waals surface area contributed by atoms with E-state index >= 15 is 0 Å². The van der Waals surface area contributed by atoms with Gasteiger partial charge < -0.3 is 15.4 Å². The standard InChI is InChI=1S/C7H14N2O.C5H12O/c8-7-2-1-4-9(6-10)5-3-7;1-5(2,3)6-4/h6-7H,1-5,8H2;1-4H3. The van der Waals surface area contributed by atoms with Crippen LogP contribution in [0.3, 0.4) is 0 Å². The Kier molecular flexibility index (Phi) is 7.34. The lowest BCUT2D eigenvalue weighted by Crippen LogP contribution is -2.25. The van der Waals surface area contributed by atoms with Crippen molar-refractivity contribution in [2.45, 2.75) is 51.7 Å². The van der Waals surface area contributed by atoms with E-state index in [0.29, 0.717) is 6.04 Å². The topological polar surface area (TPSA) is 55.6 Å². The van der Waals surface area contributed by atoms with Gasteiger partial charge in [-0.15, -0.1) is 0 Å². The van der Waals surface area contributed by atoms with Crippen molar-refractivity contribution in [3.05, 3.63) is 0 Å². The molecule has 0 aliphatic carbocycles. The van der Waals surface area contributed by atoms with E-state index in [9.17, 15) is 4.79 Å². The Labute approximate surface area is 99.1 Å². The maximum absolute atomic E-state index is 10.3. The molecule has 1 heterocycles. The van der Waals surface area contributed by atoms with E-state index in [1.54, 1.807) is 12.0 Å². The summed E-state index contributed by atoms with van der Waals surface area (Å²) in [6.07, 6.45) is 3.99. The van der Waals surface area contributed by atoms with E-state index in [-0.39, 0.29) is 5.60 Å². The number of rotatable bonds is 1. The normalized spacial score (nSPS) is 21.8. The summed E-state index contributed by atoms with van der Waals surface area (Å²) in [6, 6.07) is 0.310. The van der Waals surface area contributed by atoms with E-state index in [4.69, 9.17) is 10.5 Å². The third kappa shape index (κ3) is 8.68. The van der Waals surface area contributed by atoms with Crippen LogP contribution in [0.25, 0.3) is 0 Å². The predicted octanol–water partition coefficient (Wildman–Crippen LogP) is 1.39. The molecule has 2 N–H and O–H groups in total. The highest BCUT2D eigenvalue weighted by atomic mass is 16.5. The zero-order valence-corrected chi connectivity index (χ0v) is 11.0. The quantitative estimate of drug-likeness (QED) is 0.693. The fourth-order valence-electron chi connectivity index (χ4n) is 1.25. The van der Waals surface area contributed by atoms with Crippen LogP contribution in [0.15, 0.2) is 0 Å². The lowest BCUT2D eigenvalue weighted by atomic mass is 10.1. The number of ether oxygens (including phenoxy) is 1. The Balaban J connectivity index is 0.000000325. The molecule has 0 aromatic rings. The van der Waals surface area contributed by atoms with Crippen molar-refractivity contribution in [2.75, 3.05) is 20.2 Å². The molecule has 4 nitrogen and oxygen atoms in total. The number of likely N-dealkylation sites (tertiary alicyclic amines) is 1. The summed E-state index contributed by atoms with van der Waals surface area (Å²) in [5.74, 6) is 0. The molecule has 0 aromatic carbocycles. The number of hydrogen-bond donors (Lipinski definition) is 1. The largest absolute Gasteiger partial charge is 0.379 e. The zero-order valence-electron chi connectivity index (χ0n) is 11.0. The van der Waals surface area contributed by atoms with Gasteiger partial charge in [-0.3, -0.25) is 4.79 Å². The molecule has 0 spiro atoms. The Morgan fingerprint density at radius 2 is 1.88 bits per heavy atom. The van der Waals surface area contributed by atoms with E-state index in [0.717, 1.165) is 38.8 Å². The summed E-state index contributed by atoms with van der Waals surface area (Å²) in [5.41, 5.74) is 5.75. The van der Waals surface area contributed by atoms with Gasteiger partial charge in [0, 0.05) is 26.2 Å². The van der Waals surface area contributed by atoms with Crippen LogP contribution in [0.2, 0.25) is 0 Å². The maximum Gasteiger partial charge on any atom is 0.209 e. The van der Waals surface area contributed by atoms with Crippen molar-refractivity contribution in [2.24, 2.45) is 5.73 Å². The average Bonchev–Trinajstić information content (AvgIpc) is 2.42. The van der Waals surface area contributed by atoms with Gasteiger partial charge in [0.15, 0.2) is 0 Å². The van der Waals surface area contributed by atoms with Gasteiger partial charge in [0.2, 0.25) is 6.41 Å². The Morgan fingerprint density at radius 3 is 2.31 bits per heavy atom. The van der Waals surface area contributed by atoms with Crippen LogP contribution in [0, 0.1) is 0 Å². The fraction of sp³-hybridized carbons (Fsp3) is 0.917. The van der Waals surface area contributed by atoms with Crippen molar-refractivity contribution in [3.63, 3.8) is 0 Å². The number of carbonyl (C=O) groups excluding carboxylic acids is 1. The molecule has 0 radical (unpaired) electrons. The minimum Gasteiger partial charge on any atom is -0.379 e. The number of nitrogens with zero attached hydrogens (tertiary/aromatic N) is 1. The molecular formula is C12H26N2O2. The second-order valence-corrected chi connectivity index (χ2v) is 5.15. The molecule has 1 amide bonds. The molecule has 0 saturated carbocycles. The summed E-state index contributed by atoms with van der Waals surface area (Å²) in [4.78, 5) is 12.1. The molecule has 1 aliphatic heterocycles. The number of carbonyl (C=O) groups is 1. The van der Waals surface area contributed by atoms with Gasteiger partial charge in [0.05, 0.1) is 5.60 Å². The van der Waals surface area contributed by atoms with E-state index in [2.05, 4.69) is 0 Å². The van der Waals surface area contributed by atoms with Gasteiger partial charge in [0.25, 0.3) is 0 Å². The third-order valence-electron chi connectivity index (χ3n) is 2.57. The first-order chi connectivity index (χ1) is 7.39. The highest BCUT2D eigenvalue weighted by Crippen LogP contribution is 2.06. The van der Waals surface area contributed by atoms with E-state index < -0.39 is 0 Å². The van der Waals surface area contributed by atoms with Gasteiger partial charge in [-0.1, -0.05) is 0 Å². The molecule has 1 saturated heterocycles. The maximum atomic E-state index is 10.3. The molecule has 96 valence electrons. The Hall–Kier alpha value is -0.610.